The lowest BCUT2D eigenvalue weighted by atomic mass is 10.1. The third kappa shape index (κ3) is 4.11. The molecule has 5 rings (SSSR count). The van der Waals surface area contributed by atoms with Gasteiger partial charge in [-0.25, -0.2) is 9.29 Å². The minimum atomic E-state index is -1.08. The summed E-state index contributed by atoms with van der Waals surface area (Å²) in [6.07, 6.45) is -0.199. The van der Waals surface area contributed by atoms with Crippen molar-refractivity contribution in [3.05, 3.63) is 87.2 Å². The molecule has 172 valence electrons. The minimum absolute atomic E-state index is 0.0198. The number of anilines is 1. The van der Waals surface area contributed by atoms with Crippen molar-refractivity contribution in [2.75, 3.05) is 11.7 Å². The van der Waals surface area contributed by atoms with Gasteiger partial charge in [-0.3, -0.25) is 14.4 Å². The molecule has 0 radical (unpaired) electrons. The summed E-state index contributed by atoms with van der Waals surface area (Å²) in [4.78, 5) is 42.1. The van der Waals surface area contributed by atoms with Gasteiger partial charge >= 0.3 is 0 Å². The summed E-state index contributed by atoms with van der Waals surface area (Å²) < 4.78 is 26.2. The van der Waals surface area contributed by atoms with Crippen molar-refractivity contribution < 1.29 is 28.2 Å². The molecule has 2 heterocycles. The number of hydrogen-bond acceptors (Lipinski definition) is 5. The Morgan fingerprint density at radius 3 is 2.53 bits per heavy atom. The van der Waals surface area contributed by atoms with Gasteiger partial charge < -0.3 is 14.4 Å². The predicted octanol–water partition coefficient (Wildman–Crippen LogP) is 4.13. The van der Waals surface area contributed by atoms with E-state index in [-0.39, 0.29) is 25.3 Å². The number of rotatable bonds is 5. The molecule has 3 aromatic rings. The van der Waals surface area contributed by atoms with E-state index in [1.807, 2.05) is 0 Å². The number of carbonyl (C=O) groups is 3. The van der Waals surface area contributed by atoms with Gasteiger partial charge in [0.25, 0.3) is 11.8 Å². The van der Waals surface area contributed by atoms with Gasteiger partial charge in [0.1, 0.15) is 11.9 Å². The molecule has 0 spiro atoms. The van der Waals surface area contributed by atoms with Crippen molar-refractivity contribution in [2.45, 2.75) is 19.0 Å². The second-order valence-electron chi connectivity index (χ2n) is 7.86. The molecule has 0 aliphatic carbocycles. The van der Waals surface area contributed by atoms with Crippen molar-refractivity contribution in [1.29, 1.82) is 0 Å². The van der Waals surface area contributed by atoms with Crippen LogP contribution in [0.1, 0.15) is 22.3 Å². The van der Waals surface area contributed by atoms with E-state index in [2.05, 4.69) is 22.6 Å². The Bertz CT molecular complexity index is 1300. The van der Waals surface area contributed by atoms with Crippen LogP contribution in [-0.4, -0.2) is 35.5 Å². The van der Waals surface area contributed by atoms with Crippen LogP contribution in [0.4, 0.5) is 10.1 Å². The summed E-state index contributed by atoms with van der Waals surface area (Å²) in [5.74, 6) is -1.23. The van der Waals surface area contributed by atoms with Crippen molar-refractivity contribution in [1.82, 2.24) is 4.90 Å². The Hall–Kier alpha value is -3.47. The number of halogens is 2. The van der Waals surface area contributed by atoms with Crippen LogP contribution in [0, 0.1) is 9.39 Å². The van der Waals surface area contributed by atoms with Crippen LogP contribution >= 0.6 is 22.6 Å². The summed E-state index contributed by atoms with van der Waals surface area (Å²) in [6, 6.07) is 16.6. The SMILES string of the molecule is O=C1CC(N(Cc2ccc3c(c2)OCO3)C(=O)c2ccccc2F)C(=O)N1c1ccc(I)cc1. The van der Waals surface area contributed by atoms with Gasteiger partial charge in [0, 0.05) is 10.1 Å². The second-order valence-corrected chi connectivity index (χ2v) is 9.11. The van der Waals surface area contributed by atoms with Gasteiger partial charge in [0.2, 0.25) is 12.7 Å². The topological polar surface area (TPSA) is 76.1 Å². The van der Waals surface area contributed by atoms with E-state index in [0.29, 0.717) is 22.7 Å². The van der Waals surface area contributed by atoms with E-state index in [1.54, 1.807) is 48.5 Å². The molecule has 0 saturated carbocycles. The van der Waals surface area contributed by atoms with E-state index in [0.717, 1.165) is 8.47 Å². The zero-order valence-corrected chi connectivity index (χ0v) is 19.9. The highest BCUT2D eigenvalue weighted by atomic mass is 127. The first-order chi connectivity index (χ1) is 16.4. The van der Waals surface area contributed by atoms with Crippen molar-refractivity contribution in [2.24, 2.45) is 0 Å². The molecule has 3 amide bonds. The average molecular weight is 572 g/mol. The van der Waals surface area contributed by atoms with Crippen LogP contribution < -0.4 is 14.4 Å². The van der Waals surface area contributed by atoms with Crippen LogP contribution in [0.25, 0.3) is 0 Å². The summed E-state index contributed by atoms with van der Waals surface area (Å²) in [6.45, 7) is 0.0747. The maximum atomic E-state index is 14.5. The van der Waals surface area contributed by atoms with Crippen LogP contribution in [0.2, 0.25) is 0 Å². The number of amides is 3. The average Bonchev–Trinajstić information content (AvgIpc) is 3.41. The van der Waals surface area contributed by atoms with Gasteiger partial charge in [-0.05, 0) is 76.7 Å². The van der Waals surface area contributed by atoms with Gasteiger partial charge in [0.15, 0.2) is 11.5 Å². The molecule has 1 atom stereocenters. The van der Waals surface area contributed by atoms with Crippen LogP contribution in [0.3, 0.4) is 0 Å². The Labute approximate surface area is 208 Å². The van der Waals surface area contributed by atoms with Gasteiger partial charge in [0.05, 0.1) is 17.7 Å². The fourth-order valence-electron chi connectivity index (χ4n) is 4.07. The Morgan fingerprint density at radius 2 is 1.76 bits per heavy atom. The lowest BCUT2D eigenvalue weighted by molar-refractivity contribution is -0.122. The fraction of sp³-hybridized carbons (Fsp3) is 0.160. The molecule has 9 heteroatoms. The van der Waals surface area contributed by atoms with Gasteiger partial charge in [-0.15, -0.1) is 0 Å². The van der Waals surface area contributed by atoms with Crippen molar-refractivity contribution >= 4 is 46.0 Å². The van der Waals surface area contributed by atoms with E-state index < -0.39 is 29.6 Å². The molecule has 7 nitrogen and oxygen atoms in total. The van der Waals surface area contributed by atoms with Crippen molar-refractivity contribution in [3.8, 4) is 11.5 Å². The maximum absolute atomic E-state index is 14.5. The zero-order valence-electron chi connectivity index (χ0n) is 17.7. The molecular formula is C25H18FIN2O5. The zero-order chi connectivity index (χ0) is 23.8. The number of imide groups is 1. The van der Waals surface area contributed by atoms with E-state index >= 15 is 0 Å². The molecule has 0 bridgehead atoms. The third-order valence-electron chi connectivity index (χ3n) is 5.74. The Balaban J connectivity index is 1.50. The first-order valence-electron chi connectivity index (χ1n) is 10.5. The standard InChI is InChI=1S/C25H18FIN2O5/c26-19-4-2-1-3-18(19)24(31)28(13-15-5-10-21-22(11-15)34-14-33-21)20-12-23(30)29(25(20)32)17-8-6-16(27)7-9-17/h1-11,20H,12-14H2. The molecule has 0 N–H and O–H groups in total. The number of fused-ring (bicyclic) bond motifs is 1. The molecule has 1 unspecified atom stereocenters. The van der Waals surface area contributed by atoms with Crippen LogP contribution in [0.5, 0.6) is 11.5 Å². The summed E-state index contributed by atoms with van der Waals surface area (Å²) >= 11 is 2.13. The highest BCUT2D eigenvalue weighted by Crippen LogP contribution is 2.34. The summed E-state index contributed by atoms with van der Waals surface area (Å²) in [5, 5.41) is 0. The normalized spacial score (nSPS) is 16.8. The van der Waals surface area contributed by atoms with E-state index in [4.69, 9.17) is 9.47 Å². The number of ether oxygens (including phenoxy) is 2. The summed E-state index contributed by atoms with van der Waals surface area (Å²) in [5.41, 5.74) is 0.914. The van der Waals surface area contributed by atoms with Crippen molar-refractivity contribution in [3.63, 3.8) is 0 Å². The second kappa shape index (κ2) is 9.05. The Kier molecular flexibility index (Phi) is 5.94. The largest absolute Gasteiger partial charge is 0.454 e. The van der Waals surface area contributed by atoms with E-state index in [9.17, 15) is 18.8 Å². The molecule has 3 aromatic carbocycles. The number of nitrogens with zero attached hydrogens (tertiary/aromatic N) is 2. The number of carbonyl (C=O) groups excluding carboxylic acids is 3. The molecule has 0 aromatic heterocycles. The minimum Gasteiger partial charge on any atom is -0.454 e. The monoisotopic (exact) mass is 572 g/mol. The molecule has 2 aliphatic rings. The van der Waals surface area contributed by atoms with E-state index in [1.165, 1.54) is 23.1 Å². The Morgan fingerprint density at radius 1 is 1.03 bits per heavy atom. The predicted molar refractivity (Wildman–Crippen MR) is 129 cm³/mol. The summed E-state index contributed by atoms with van der Waals surface area (Å²) in [7, 11) is 0. The molecular weight excluding hydrogens is 554 g/mol. The van der Waals surface area contributed by atoms with Gasteiger partial charge in [-0.2, -0.15) is 0 Å². The first kappa shape index (κ1) is 22.3. The number of benzene rings is 3. The molecule has 34 heavy (non-hydrogen) atoms. The van der Waals surface area contributed by atoms with Gasteiger partial charge in [-0.1, -0.05) is 18.2 Å². The quantitative estimate of drug-likeness (QED) is 0.340. The lowest BCUT2D eigenvalue weighted by Crippen LogP contribution is -2.45. The highest BCUT2D eigenvalue weighted by Gasteiger charge is 2.45. The van der Waals surface area contributed by atoms with Crippen LogP contribution in [-0.2, 0) is 16.1 Å². The molecule has 2 aliphatic heterocycles. The molecule has 1 fully saturated rings. The highest BCUT2D eigenvalue weighted by molar-refractivity contribution is 14.1. The maximum Gasteiger partial charge on any atom is 0.257 e. The smallest absolute Gasteiger partial charge is 0.257 e. The number of hydrogen-bond donors (Lipinski definition) is 0. The first-order valence-corrected chi connectivity index (χ1v) is 11.6. The molecule has 1 saturated heterocycles. The third-order valence-corrected chi connectivity index (χ3v) is 6.46. The van der Waals surface area contributed by atoms with Crippen LogP contribution in [0.15, 0.2) is 66.7 Å². The lowest BCUT2D eigenvalue weighted by Gasteiger charge is -2.28. The fourth-order valence-corrected chi connectivity index (χ4v) is 4.43.